The van der Waals surface area contributed by atoms with Crippen LogP contribution in [0.4, 0.5) is 5.95 Å². The van der Waals surface area contributed by atoms with E-state index in [1.54, 1.807) is 25.3 Å². The van der Waals surface area contributed by atoms with Crippen molar-refractivity contribution in [2.45, 2.75) is 37.2 Å². The summed E-state index contributed by atoms with van der Waals surface area (Å²) in [5.74, 6) is 2.06. The molecule has 188 valence electrons. The van der Waals surface area contributed by atoms with Gasteiger partial charge in [0.2, 0.25) is 11.7 Å². The minimum absolute atomic E-state index is 0.0356. The summed E-state index contributed by atoms with van der Waals surface area (Å²) < 4.78 is 37.7. The Bertz CT molecular complexity index is 1480. The number of aryl methyl sites for hydroxylation is 1. The molecule has 0 radical (unpaired) electrons. The van der Waals surface area contributed by atoms with Crippen LogP contribution in [0.25, 0.3) is 16.7 Å². The van der Waals surface area contributed by atoms with Crippen molar-refractivity contribution < 1.29 is 17.9 Å². The van der Waals surface area contributed by atoms with Gasteiger partial charge in [-0.3, -0.25) is 4.57 Å². The molecule has 1 aliphatic rings. The molecule has 1 aromatic carbocycles. The van der Waals surface area contributed by atoms with E-state index in [0.29, 0.717) is 17.4 Å². The Kier molecular flexibility index (Phi) is 6.48. The van der Waals surface area contributed by atoms with E-state index in [2.05, 4.69) is 31.8 Å². The maximum atomic E-state index is 11.9. The summed E-state index contributed by atoms with van der Waals surface area (Å²) >= 11 is 0. The van der Waals surface area contributed by atoms with Gasteiger partial charge >= 0.3 is 0 Å². The Balaban J connectivity index is 1.35. The zero-order valence-corrected chi connectivity index (χ0v) is 21.3. The van der Waals surface area contributed by atoms with Gasteiger partial charge in [0.05, 0.1) is 17.5 Å². The Hall–Kier alpha value is -3.73. The van der Waals surface area contributed by atoms with Crippen LogP contribution in [0.3, 0.4) is 0 Å². The standard InChI is InChI=1S/C25H28N6O4S/c1-4-17-14-26-25(27-15-17)30-10-8-19(9-11-30)35-24-22(34-2)23(28-16-29-24)31-12-7-18-13-20(36(3,32)33)5-6-21(18)31/h5-7,12-16,19H,4,8-11H2,1-3H3. The van der Waals surface area contributed by atoms with E-state index in [0.717, 1.165) is 54.8 Å². The van der Waals surface area contributed by atoms with Gasteiger partial charge in [0.1, 0.15) is 12.4 Å². The van der Waals surface area contributed by atoms with Crippen molar-refractivity contribution in [2.75, 3.05) is 31.4 Å². The van der Waals surface area contributed by atoms with Crippen LogP contribution >= 0.6 is 0 Å². The van der Waals surface area contributed by atoms with Crippen molar-refractivity contribution in [3.05, 3.63) is 54.7 Å². The van der Waals surface area contributed by atoms with Gasteiger partial charge in [-0.1, -0.05) is 6.92 Å². The topological polar surface area (TPSA) is 112 Å². The first-order valence-electron chi connectivity index (χ1n) is 11.8. The number of anilines is 1. The largest absolute Gasteiger partial charge is 0.489 e. The van der Waals surface area contributed by atoms with Crippen molar-refractivity contribution >= 4 is 26.7 Å². The van der Waals surface area contributed by atoms with Crippen LogP contribution in [0.2, 0.25) is 0 Å². The summed E-state index contributed by atoms with van der Waals surface area (Å²) in [6.45, 7) is 3.64. The minimum Gasteiger partial charge on any atom is -0.489 e. The van der Waals surface area contributed by atoms with Gasteiger partial charge in [-0.2, -0.15) is 4.98 Å². The number of nitrogens with zero attached hydrogens (tertiary/aromatic N) is 6. The third-order valence-electron chi connectivity index (χ3n) is 6.38. The van der Waals surface area contributed by atoms with E-state index in [4.69, 9.17) is 9.47 Å². The number of hydrogen-bond acceptors (Lipinski definition) is 9. The molecule has 11 heteroatoms. The molecule has 1 fully saturated rings. The number of hydrogen-bond donors (Lipinski definition) is 0. The SMILES string of the molecule is CCc1cnc(N2CCC(Oc3ncnc(-n4ccc5cc(S(C)(=O)=O)ccc54)c3OC)CC2)nc1. The Morgan fingerprint density at radius 2 is 1.81 bits per heavy atom. The number of rotatable bonds is 7. The van der Waals surface area contributed by atoms with Gasteiger partial charge in [0.25, 0.3) is 5.88 Å². The minimum atomic E-state index is -3.30. The Morgan fingerprint density at radius 3 is 2.47 bits per heavy atom. The lowest BCUT2D eigenvalue weighted by Crippen LogP contribution is -2.39. The highest BCUT2D eigenvalue weighted by molar-refractivity contribution is 7.90. The van der Waals surface area contributed by atoms with Gasteiger partial charge in [-0.05, 0) is 36.2 Å². The van der Waals surface area contributed by atoms with Crippen LogP contribution in [-0.4, -0.2) is 65.5 Å². The predicted molar refractivity (Wildman–Crippen MR) is 136 cm³/mol. The quantitative estimate of drug-likeness (QED) is 0.371. The Morgan fingerprint density at radius 1 is 1.06 bits per heavy atom. The molecule has 0 amide bonds. The van der Waals surface area contributed by atoms with Crippen molar-refractivity contribution in [3.63, 3.8) is 0 Å². The molecule has 0 saturated carbocycles. The average molecular weight is 509 g/mol. The molecule has 1 aliphatic heterocycles. The second-order valence-electron chi connectivity index (χ2n) is 8.76. The third-order valence-corrected chi connectivity index (χ3v) is 7.49. The summed E-state index contributed by atoms with van der Waals surface area (Å²) in [6, 6.07) is 6.85. The lowest BCUT2D eigenvalue weighted by molar-refractivity contribution is 0.156. The fourth-order valence-electron chi connectivity index (χ4n) is 4.34. The van der Waals surface area contributed by atoms with Crippen LogP contribution in [0.15, 0.2) is 54.1 Å². The van der Waals surface area contributed by atoms with E-state index in [1.807, 2.05) is 29.2 Å². The lowest BCUT2D eigenvalue weighted by atomic mass is 10.1. The van der Waals surface area contributed by atoms with Crippen LogP contribution < -0.4 is 14.4 Å². The van der Waals surface area contributed by atoms with E-state index in [-0.39, 0.29) is 11.0 Å². The molecule has 36 heavy (non-hydrogen) atoms. The van der Waals surface area contributed by atoms with Gasteiger partial charge in [0, 0.05) is 56.2 Å². The molecule has 0 bridgehead atoms. The van der Waals surface area contributed by atoms with Gasteiger partial charge in [-0.15, -0.1) is 0 Å². The molecule has 0 spiro atoms. The number of aromatic nitrogens is 5. The smallest absolute Gasteiger partial charge is 0.262 e. The monoisotopic (exact) mass is 508 g/mol. The summed E-state index contributed by atoms with van der Waals surface area (Å²) in [4.78, 5) is 20.2. The fraction of sp³-hybridized carbons (Fsp3) is 0.360. The number of ether oxygens (including phenoxy) is 2. The molecular formula is C25H28N6O4S. The van der Waals surface area contributed by atoms with Crippen LogP contribution in [0.5, 0.6) is 11.6 Å². The Labute approximate surface area is 209 Å². The molecule has 0 atom stereocenters. The molecular weight excluding hydrogens is 480 g/mol. The van der Waals surface area contributed by atoms with Crippen LogP contribution in [0, 0.1) is 0 Å². The second-order valence-corrected chi connectivity index (χ2v) is 10.8. The van der Waals surface area contributed by atoms with E-state index < -0.39 is 9.84 Å². The fourth-order valence-corrected chi connectivity index (χ4v) is 5.00. The van der Waals surface area contributed by atoms with Gasteiger partial charge < -0.3 is 14.4 Å². The van der Waals surface area contributed by atoms with Gasteiger partial charge in [0.15, 0.2) is 15.7 Å². The van der Waals surface area contributed by atoms with Crippen molar-refractivity contribution in [3.8, 4) is 17.4 Å². The van der Waals surface area contributed by atoms with E-state index in [1.165, 1.54) is 12.6 Å². The number of sulfone groups is 1. The molecule has 4 heterocycles. The highest BCUT2D eigenvalue weighted by atomic mass is 32.2. The average Bonchev–Trinajstić information content (AvgIpc) is 3.32. The first-order valence-corrected chi connectivity index (χ1v) is 13.7. The highest BCUT2D eigenvalue weighted by Gasteiger charge is 2.25. The number of piperidine rings is 1. The van der Waals surface area contributed by atoms with E-state index in [9.17, 15) is 8.42 Å². The second kappa shape index (κ2) is 9.73. The molecule has 0 aliphatic carbocycles. The molecule has 4 aromatic rings. The summed E-state index contributed by atoms with van der Waals surface area (Å²) in [5, 5.41) is 0.780. The summed E-state index contributed by atoms with van der Waals surface area (Å²) in [5.41, 5.74) is 1.92. The first-order chi connectivity index (χ1) is 17.4. The number of benzene rings is 1. The zero-order chi connectivity index (χ0) is 25.3. The summed E-state index contributed by atoms with van der Waals surface area (Å²) in [6.07, 6.45) is 10.7. The van der Waals surface area contributed by atoms with Crippen molar-refractivity contribution in [2.24, 2.45) is 0 Å². The van der Waals surface area contributed by atoms with Crippen LogP contribution in [0.1, 0.15) is 25.3 Å². The maximum absolute atomic E-state index is 11.9. The molecule has 0 N–H and O–H groups in total. The molecule has 1 saturated heterocycles. The number of fused-ring (bicyclic) bond motifs is 1. The number of methoxy groups -OCH3 is 1. The van der Waals surface area contributed by atoms with E-state index >= 15 is 0 Å². The zero-order valence-electron chi connectivity index (χ0n) is 20.5. The predicted octanol–water partition coefficient (Wildman–Crippen LogP) is 3.23. The molecule has 0 unspecified atom stereocenters. The van der Waals surface area contributed by atoms with Crippen molar-refractivity contribution in [1.29, 1.82) is 0 Å². The molecule has 10 nitrogen and oxygen atoms in total. The van der Waals surface area contributed by atoms with Crippen LogP contribution in [-0.2, 0) is 16.3 Å². The summed E-state index contributed by atoms with van der Waals surface area (Å²) in [7, 11) is -1.74. The third kappa shape index (κ3) is 4.70. The van der Waals surface area contributed by atoms with Gasteiger partial charge in [-0.25, -0.2) is 23.4 Å². The lowest BCUT2D eigenvalue weighted by Gasteiger charge is -2.32. The maximum Gasteiger partial charge on any atom is 0.262 e. The highest BCUT2D eigenvalue weighted by Crippen LogP contribution is 2.34. The first kappa shape index (κ1) is 24.0. The molecule has 3 aromatic heterocycles. The normalized spacial score (nSPS) is 14.8. The molecule has 5 rings (SSSR count). The van der Waals surface area contributed by atoms with Crippen molar-refractivity contribution in [1.82, 2.24) is 24.5 Å².